The van der Waals surface area contributed by atoms with Crippen LogP contribution in [0.25, 0.3) is 0 Å². The highest BCUT2D eigenvalue weighted by Crippen LogP contribution is 2.42. The third kappa shape index (κ3) is 5.23. The van der Waals surface area contributed by atoms with Gasteiger partial charge >= 0.3 is 5.97 Å². The summed E-state index contributed by atoms with van der Waals surface area (Å²) in [5, 5.41) is 13.8. The summed E-state index contributed by atoms with van der Waals surface area (Å²) in [5.41, 5.74) is -0.363. The quantitative estimate of drug-likeness (QED) is 0.303. The molecule has 0 N–H and O–H groups in total. The second kappa shape index (κ2) is 8.43. The number of hydrogen-bond donors (Lipinski definition) is 0. The van der Waals surface area contributed by atoms with Crippen LogP contribution in [0.3, 0.4) is 0 Å². The minimum atomic E-state index is -1.27. The van der Waals surface area contributed by atoms with E-state index in [4.69, 9.17) is 4.74 Å². The van der Waals surface area contributed by atoms with Crippen molar-refractivity contribution in [3.63, 3.8) is 0 Å². The molecule has 2 rings (SSSR count). The van der Waals surface area contributed by atoms with Gasteiger partial charge in [0.05, 0.1) is 5.92 Å². The van der Waals surface area contributed by atoms with Gasteiger partial charge in [0.1, 0.15) is 17.3 Å². The van der Waals surface area contributed by atoms with Crippen molar-refractivity contribution in [1.29, 1.82) is 0 Å². The van der Waals surface area contributed by atoms with Crippen molar-refractivity contribution in [3.8, 4) is 0 Å². The van der Waals surface area contributed by atoms with Crippen LogP contribution in [0, 0.1) is 16.0 Å². The average Bonchev–Trinajstić information content (AvgIpc) is 3.06. The molecule has 0 spiro atoms. The highest BCUT2D eigenvalue weighted by molar-refractivity contribution is 7.10. The molecule has 0 amide bonds. The van der Waals surface area contributed by atoms with E-state index in [2.05, 4.69) is 0 Å². The van der Waals surface area contributed by atoms with Gasteiger partial charge in [-0.2, -0.15) is 0 Å². The molecule has 0 fully saturated rings. The molecule has 0 saturated heterocycles. The molecule has 144 valence electrons. The zero-order valence-corrected chi connectivity index (χ0v) is 16.6. The van der Waals surface area contributed by atoms with Gasteiger partial charge in [-0.15, -0.1) is 11.3 Å². The molecule has 3 atom stereocenters. The third-order valence-electron chi connectivity index (χ3n) is 4.04. The lowest BCUT2D eigenvalue weighted by atomic mass is 9.79. The second-order valence-electron chi connectivity index (χ2n) is 7.30. The van der Waals surface area contributed by atoms with Crippen molar-refractivity contribution in [2.45, 2.75) is 45.3 Å². The van der Waals surface area contributed by atoms with E-state index in [-0.39, 0.29) is 0 Å². The monoisotopic (exact) mass is 389 g/mol. The number of esters is 1. The van der Waals surface area contributed by atoms with E-state index >= 15 is 0 Å². The van der Waals surface area contributed by atoms with Crippen molar-refractivity contribution in [2.24, 2.45) is 5.92 Å². The molecule has 0 radical (unpaired) electrons. The van der Waals surface area contributed by atoms with Crippen LogP contribution < -0.4 is 0 Å². The van der Waals surface area contributed by atoms with Gasteiger partial charge in [0.25, 0.3) is 0 Å². The van der Waals surface area contributed by atoms with Crippen LogP contribution >= 0.6 is 11.3 Å². The summed E-state index contributed by atoms with van der Waals surface area (Å²) in [6, 6.07) is 10.7. The van der Waals surface area contributed by atoms with Crippen LogP contribution in [-0.2, 0) is 14.3 Å². The highest BCUT2D eigenvalue weighted by atomic mass is 32.1. The molecule has 0 aliphatic carbocycles. The number of nitrogens with zero attached hydrogens (tertiary/aromatic N) is 1. The molecule has 0 unspecified atom stereocenters. The summed E-state index contributed by atoms with van der Waals surface area (Å²) in [4.78, 5) is 37.5. The molecule has 1 heterocycles. The van der Waals surface area contributed by atoms with E-state index in [1.165, 1.54) is 18.3 Å². The number of benzene rings is 1. The first-order valence-corrected chi connectivity index (χ1v) is 9.45. The van der Waals surface area contributed by atoms with Crippen molar-refractivity contribution in [2.75, 3.05) is 0 Å². The minimum absolute atomic E-state index is 0.431. The Morgan fingerprint density at radius 3 is 2.19 bits per heavy atom. The molecule has 0 saturated carbocycles. The van der Waals surface area contributed by atoms with Crippen LogP contribution in [-0.4, -0.2) is 22.3 Å². The number of ketones is 1. The fourth-order valence-electron chi connectivity index (χ4n) is 3.02. The van der Waals surface area contributed by atoms with E-state index in [0.717, 1.165) is 0 Å². The molecule has 0 bridgehead atoms. The Morgan fingerprint density at radius 2 is 1.74 bits per heavy atom. The third-order valence-corrected chi connectivity index (χ3v) is 5.01. The van der Waals surface area contributed by atoms with Crippen LogP contribution in [0.15, 0.2) is 47.8 Å². The van der Waals surface area contributed by atoms with Gasteiger partial charge in [-0.05, 0) is 39.1 Å². The Morgan fingerprint density at radius 1 is 1.11 bits per heavy atom. The number of carbonyl (C=O) groups is 2. The number of carbonyl (C=O) groups excluding carboxylic acids is 2. The fourth-order valence-corrected chi connectivity index (χ4v) is 3.92. The Hall–Kier alpha value is -2.54. The summed E-state index contributed by atoms with van der Waals surface area (Å²) in [5.74, 6) is -3.41. The van der Waals surface area contributed by atoms with E-state index in [1.54, 1.807) is 68.6 Å². The summed E-state index contributed by atoms with van der Waals surface area (Å²) >= 11 is 1.29. The lowest BCUT2D eigenvalue weighted by Crippen LogP contribution is -2.38. The zero-order valence-electron chi connectivity index (χ0n) is 15.7. The van der Waals surface area contributed by atoms with Gasteiger partial charge in [0, 0.05) is 15.4 Å². The molecule has 0 aliphatic heterocycles. The first kappa shape index (κ1) is 20.8. The fraction of sp³-hybridized carbons (Fsp3) is 0.400. The smallest absolute Gasteiger partial charge is 0.317 e. The first-order valence-electron chi connectivity index (χ1n) is 8.57. The number of nitro groups is 1. The highest BCUT2D eigenvalue weighted by Gasteiger charge is 2.47. The largest absolute Gasteiger partial charge is 0.459 e. The summed E-state index contributed by atoms with van der Waals surface area (Å²) in [6.07, 6.45) is 0. The summed E-state index contributed by atoms with van der Waals surface area (Å²) in [6.45, 7) is 6.37. The summed E-state index contributed by atoms with van der Waals surface area (Å²) < 4.78 is 5.43. The van der Waals surface area contributed by atoms with Gasteiger partial charge in [0.15, 0.2) is 0 Å². The maximum Gasteiger partial charge on any atom is 0.317 e. The number of rotatable bonds is 7. The average molecular weight is 389 g/mol. The Labute approximate surface area is 162 Å². The van der Waals surface area contributed by atoms with E-state index in [9.17, 15) is 19.7 Å². The predicted molar refractivity (Wildman–Crippen MR) is 103 cm³/mol. The Balaban J connectivity index is 2.59. The molecule has 1 aromatic heterocycles. The van der Waals surface area contributed by atoms with Gasteiger partial charge in [-0.3, -0.25) is 19.7 Å². The Kier molecular flexibility index (Phi) is 6.49. The van der Waals surface area contributed by atoms with Gasteiger partial charge in [-0.1, -0.05) is 36.4 Å². The maximum absolute atomic E-state index is 12.8. The van der Waals surface area contributed by atoms with Crippen molar-refractivity contribution in [3.05, 3.63) is 68.4 Å². The second-order valence-corrected chi connectivity index (χ2v) is 8.28. The van der Waals surface area contributed by atoms with E-state index in [0.29, 0.717) is 10.4 Å². The number of ether oxygens (including phenoxy) is 1. The lowest BCUT2D eigenvalue weighted by Gasteiger charge is -2.29. The van der Waals surface area contributed by atoms with E-state index < -0.39 is 40.2 Å². The molecule has 2 aromatic rings. The zero-order chi connectivity index (χ0) is 20.2. The Bertz CT molecular complexity index is 796. The van der Waals surface area contributed by atoms with Crippen LogP contribution in [0.4, 0.5) is 0 Å². The SMILES string of the molecule is CC(=O)[C@H](C(=O)OC(C)(C)C)[C@@H](c1cccs1)[C@H](c1ccccc1)[N+](=O)[O-]. The molecule has 27 heavy (non-hydrogen) atoms. The topological polar surface area (TPSA) is 86.5 Å². The molecule has 0 aliphatic rings. The standard InChI is InChI=1S/C20H23NO5S/c1-13(22)16(19(23)26-20(2,3)4)17(15-11-8-12-27-15)18(21(24)25)14-9-6-5-7-10-14/h5-12,16-18H,1-4H3/t16-,17+,18-/m0/s1. The van der Waals surface area contributed by atoms with E-state index in [1.807, 2.05) is 0 Å². The maximum atomic E-state index is 12.8. The molecular weight excluding hydrogens is 366 g/mol. The molecule has 6 nitrogen and oxygen atoms in total. The van der Waals surface area contributed by atoms with Gasteiger partial charge in [-0.25, -0.2) is 0 Å². The van der Waals surface area contributed by atoms with Crippen LogP contribution in [0.5, 0.6) is 0 Å². The normalized spacial score (nSPS) is 14.8. The van der Waals surface area contributed by atoms with Crippen LogP contribution in [0.2, 0.25) is 0 Å². The van der Waals surface area contributed by atoms with Gasteiger partial charge < -0.3 is 4.74 Å². The number of Topliss-reactive ketones (excluding diaryl/α,β-unsaturated/α-hetero) is 1. The number of thiophene rings is 1. The predicted octanol–water partition coefficient (Wildman–Crippen LogP) is 4.40. The molecule has 1 aromatic carbocycles. The first-order chi connectivity index (χ1) is 12.6. The lowest BCUT2D eigenvalue weighted by molar-refractivity contribution is -0.534. The van der Waals surface area contributed by atoms with Crippen molar-refractivity contribution in [1.82, 2.24) is 0 Å². The molecule has 7 heteroatoms. The van der Waals surface area contributed by atoms with Crippen molar-refractivity contribution >= 4 is 23.1 Å². The molecular formula is C20H23NO5S. The minimum Gasteiger partial charge on any atom is -0.459 e. The summed E-state index contributed by atoms with van der Waals surface area (Å²) in [7, 11) is 0. The van der Waals surface area contributed by atoms with Crippen molar-refractivity contribution < 1.29 is 19.2 Å². The van der Waals surface area contributed by atoms with Crippen LogP contribution in [0.1, 0.15) is 50.1 Å². The number of hydrogen-bond acceptors (Lipinski definition) is 6. The van der Waals surface area contributed by atoms with Gasteiger partial charge in [0.2, 0.25) is 6.04 Å².